The number of piperazine rings is 1. The Morgan fingerprint density at radius 2 is 1.67 bits per heavy atom. The van der Waals surface area contributed by atoms with Crippen molar-refractivity contribution in [3.8, 4) is 28.6 Å². The van der Waals surface area contributed by atoms with Crippen molar-refractivity contribution in [2.45, 2.75) is 89.5 Å². The van der Waals surface area contributed by atoms with E-state index in [9.17, 15) is 14.0 Å². The lowest BCUT2D eigenvalue weighted by Crippen LogP contribution is -2.54. The highest BCUT2D eigenvalue weighted by molar-refractivity contribution is 5.96. The maximum Gasteiger partial charge on any atom is 0.272 e. The monoisotopic (exact) mass is 709 g/mol. The van der Waals surface area contributed by atoms with Crippen molar-refractivity contribution >= 4 is 11.8 Å². The third-order valence-corrected chi connectivity index (χ3v) is 10.1. The van der Waals surface area contributed by atoms with Crippen LogP contribution in [0.5, 0.6) is 17.5 Å². The van der Waals surface area contributed by atoms with E-state index in [0.717, 1.165) is 68.8 Å². The molecule has 4 heterocycles. The number of pyridine rings is 1. The first-order valence-corrected chi connectivity index (χ1v) is 18.6. The number of fused-ring (bicyclic) bond motifs is 1. The van der Waals surface area contributed by atoms with Gasteiger partial charge in [0.25, 0.3) is 11.8 Å². The van der Waals surface area contributed by atoms with E-state index < -0.39 is 11.7 Å². The Balaban J connectivity index is 0.916. The summed E-state index contributed by atoms with van der Waals surface area (Å²) in [5, 5.41) is 14.1. The molecule has 274 valence electrons. The number of hydrogen-bond donors (Lipinski definition) is 3. The maximum atomic E-state index is 14.4. The highest BCUT2D eigenvalue weighted by atomic mass is 19.1. The minimum absolute atomic E-state index is 0.0286. The molecule has 12 heteroatoms. The summed E-state index contributed by atoms with van der Waals surface area (Å²) in [6, 6.07) is 19.9. The second-order valence-corrected chi connectivity index (χ2v) is 14.5. The number of carbonyl (C=O) groups excluding carboxylic acids is 2. The molecule has 0 bridgehead atoms. The fraction of sp³-hybridized carbons (Fsp3) is 0.450. The molecule has 2 aliphatic heterocycles. The van der Waals surface area contributed by atoms with Gasteiger partial charge in [0.1, 0.15) is 17.1 Å². The van der Waals surface area contributed by atoms with Gasteiger partial charge in [-0.2, -0.15) is 5.10 Å². The fourth-order valence-corrected chi connectivity index (χ4v) is 7.60. The summed E-state index contributed by atoms with van der Waals surface area (Å²) in [6.07, 6.45) is 6.76. The number of rotatable bonds is 11. The van der Waals surface area contributed by atoms with E-state index in [1.807, 2.05) is 18.2 Å². The molecule has 2 fully saturated rings. The van der Waals surface area contributed by atoms with Gasteiger partial charge >= 0.3 is 0 Å². The van der Waals surface area contributed by atoms with Gasteiger partial charge in [-0.15, -0.1) is 0 Å². The summed E-state index contributed by atoms with van der Waals surface area (Å²) in [7, 11) is 0. The summed E-state index contributed by atoms with van der Waals surface area (Å²) in [5.74, 6) is -0.157. The van der Waals surface area contributed by atoms with E-state index in [1.54, 1.807) is 16.8 Å². The second-order valence-electron chi connectivity index (χ2n) is 14.5. The number of aromatic nitrogens is 3. The van der Waals surface area contributed by atoms with Crippen LogP contribution in [0.25, 0.3) is 11.1 Å². The lowest BCUT2D eigenvalue weighted by atomic mass is 9.91. The van der Waals surface area contributed by atoms with Gasteiger partial charge in [-0.25, -0.2) is 14.1 Å². The average Bonchev–Trinajstić information content (AvgIpc) is 3.58. The summed E-state index contributed by atoms with van der Waals surface area (Å²) >= 11 is 0. The van der Waals surface area contributed by atoms with Crippen LogP contribution < -0.4 is 25.4 Å². The van der Waals surface area contributed by atoms with Crippen LogP contribution in [0.1, 0.15) is 78.8 Å². The van der Waals surface area contributed by atoms with Crippen LogP contribution in [0.4, 0.5) is 4.39 Å². The van der Waals surface area contributed by atoms with Crippen LogP contribution in [0.15, 0.2) is 66.9 Å². The highest BCUT2D eigenvalue weighted by Gasteiger charge is 2.27. The molecule has 3 aliphatic rings. The van der Waals surface area contributed by atoms with Gasteiger partial charge in [0.05, 0.1) is 12.8 Å². The van der Waals surface area contributed by atoms with Gasteiger partial charge < -0.3 is 30.3 Å². The summed E-state index contributed by atoms with van der Waals surface area (Å²) in [6.45, 7) is 9.14. The number of halogens is 1. The molecule has 2 amide bonds. The first-order chi connectivity index (χ1) is 25.3. The van der Waals surface area contributed by atoms with Gasteiger partial charge in [0.15, 0.2) is 5.69 Å². The van der Waals surface area contributed by atoms with Gasteiger partial charge in [-0.05, 0) is 93.8 Å². The smallest absolute Gasteiger partial charge is 0.272 e. The predicted octanol–water partition coefficient (Wildman–Crippen LogP) is 5.74. The van der Waals surface area contributed by atoms with Crippen molar-refractivity contribution in [2.75, 3.05) is 26.2 Å². The maximum absolute atomic E-state index is 14.4. The second kappa shape index (κ2) is 16.2. The van der Waals surface area contributed by atoms with E-state index in [2.05, 4.69) is 69.0 Å². The van der Waals surface area contributed by atoms with Crippen LogP contribution >= 0.6 is 0 Å². The van der Waals surface area contributed by atoms with Crippen LogP contribution in [0.3, 0.4) is 0 Å². The molecular formula is C40H48FN7O4. The van der Waals surface area contributed by atoms with Crippen molar-refractivity contribution in [3.63, 3.8) is 0 Å². The Hall–Kier alpha value is -4.81. The van der Waals surface area contributed by atoms with Gasteiger partial charge in [-0.3, -0.25) is 9.59 Å². The molecule has 0 unspecified atom stereocenters. The quantitative estimate of drug-likeness (QED) is 0.180. The Morgan fingerprint density at radius 1 is 0.942 bits per heavy atom. The SMILES string of the molecule is C[C@@H]1CN(CCCc2ccc(-c3cccc(Oc4ncc(F)cc4C(=O)NC4CCC(NC(=O)c5cc6n(n5)CCCO6)CC4)c3)cc2)C[C@H](C)N1. The molecule has 52 heavy (non-hydrogen) atoms. The molecule has 1 saturated heterocycles. The third kappa shape index (κ3) is 8.97. The van der Waals surface area contributed by atoms with Crippen molar-refractivity contribution in [3.05, 3.63) is 89.5 Å². The molecule has 0 spiro atoms. The molecule has 1 aliphatic carbocycles. The standard InChI is InChI=1S/C40H48FN7O4/c1-26-24-47(25-27(2)43-26)17-4-6-28-9-11-29(12-10-28)30-7-3-8-34(20-30)52-40-35(21-31(41)23-42-40)38(49)44-32-13-15-33(16-14-32)45-39(50)36-22-37-48(46-36)18-5-19-51-37/h3,7-12,20-23,26-27,32-33,43H,4-6,13-19,24-25H2,1-2H3,(H,44,49)(H,45,50)/t26-,27+,32?,33?. The third-order valence-electron chi connectivity index (χ3n) is 10.1. The number of nitrogens with zero attached hydrogens (tertiary/aromatic N) is 4. The first-order valence-electron chi connectivity index (χ1n) is 18.6. The minimum atomic E-state index is -0.624. The van der Waals surface area contributed by atoms with Gasteiger partial charge in [0.2, 0.25) is 11.8 Å². The molecular weight excluding hydrogens is 661 g/mol. The summed E-state index contributed by atoms with van der Waals surface area (Å²) < 4.78 is 27.8. The molecule has 7 rings (SSSR count). The molecule has 2 aromatic carbocycles. The predicted molar refractivity (Wildman–Crippen MR) is 196 cm³/mol. The Morgan fingerprint density at radius 3 is 2.40 bits per heavy atom. The van der Waals surface area contributed by atoms with Gasteiger partial charge in [0, 0.05) is 56.3 Å². The zero-order valence-corrected chi connectivity index (χ0v) is 29.9. The molecule has 11 nitrogen and oxygen atoms in total. The minimum Gasteiger partial charge on any atom is -0.478 e. The van der Waals surface area contributed by atoms with E-state index in [-0.39, 0.29) is 29.4 Å². The van der Waals surface area contributed by atoms with Crippen LogP contribution in [-0.2, 0) is 13.0 Å². The molecule has 3 N–H and O–H groups in total. The molecule has 2 atom stereocenters. The molecule has 2 aromatic heterocycles. The van der Waals surface area contributed by atoms with Crippen LogP contribution in [0, 0.1) is 5.82 Å². The van der Waals surface area contributed by atoms with Crippen molar-refractivity contribution in [1.82, 2.24) is 35.6 Å². The van der Waals surface area contributed by atoms with Crippen molar-refractivity contribution in [1.29, 1.82) is 0 Å². The largest absolute Gasteiger partial charge is 0.478 e. The van der Waals surface area contributed by atoms with E-state index in [4.69, 9.17) is 9.47 Å². The van der Waals surface area contributed by atoms with Crippen LogP contribution in [-0.4, -0.2) is 81.9 Å². The molecule has 4 aromatic rings. The number of amides is 2. The number of carbonyl (C=O) groups is 2. The van der Waals surface area contributed by atoms with E-state index >= 15 is 0 Å². The number of ether oxygens (including phenoxy) is 2. The Kier molecular flexibility index (Phi) is 11.1. The summed E-state index contributed by atoms with van der Waals surface area (Å²) in [5.41, 5.74) is 3.69. The van der Waals surface area contributed by atoms with E-state index in [0.29, 0.717) is 61.7 Å². The number of benzene rings is 2. The number of nitrogens with one attached hydrogen (secondary N) is 3. The topological polar surface area (TPSA) is 123 Å². The van der Waals surface area contributed by atoms with E-state index in [1.165, 1.54) is 5.56 Å². The summed E-state index contributed by atoms with van der Waals surface area (Å²) in [4.78, 5) is 33.0. The first kappa shape index (κ1) is 35.6. The highest BCUT2D eigenvalue weighted by Crippen LogP contribution is 2.30. The number of aryl methyl sites for hydroxylation is 2. The van der Waals surface area contributed by atoms with Crippen LogP contribution in [0.2, 0.25) is 0 Å². The zero-order valence-electron chi connectivity index (χ0n) is 29.9. The lowest BCUT2D eigenvalue weighted by Gasteiger charge is -2.36. The Bertz CT molecular complexity index is 1820. The van der Waals surface area contributed by atoms with Crippen molar-refractivity contribution in [2.24, 2.45) is 0 Å². The normalized spacial score (nSPS) is 21.8. The fourth-order valence-electron chi connectivity index (χ4n) is 7.60. The Labute approximate surface area is 304 Å². The lowest BCUT2D eigenvalue weighted by molar-refractivity contribution is 0.0887. The van der Waals surface area contributed by atoms with Crippen molar-refractivity contribution < 1.29 is 23.5 Å². The molecule has 1 saturated carbocycles. The van der Waals surface area contributed by atoms with Gasteiger partial charge in [-0.1, -0.05) is 36.4 Å². The molecule has 0 radical (unpaired) electrons. The number of hydrogen-bond acceptors (Lipinski definition) is 8. The average molecular weight is 710 g/mol. The zero-order chi connectivity index (χ0) is 36.0.